The molecule has 1 aliphatic heterocycles. The van der Waals surface area contributed by atoms with Crippen molar-refractivity contribution in [1.29, 1.82) is 0 Å². The van der Waals surface area contributed by atoms with Gasteiger partial charge in [-0.3, -0.25) is 4.98 Å². The van der Waals surface area contributed by atoms with Crippen LogP contribution in [0, 0.1) is 0 Å². The number of nitrogens with zero attached hydrogens (tertiary/aromatic N) is 3. The van der Waals surface area contributed by atoms with Crippen LogP contribution in [-0.2, 0) is 5.41 Å². The van der Waals surface area contributed by atoms with Crippen molar-refractivity contribution in [3.05, 3.63) is 29.2 Å². The maximum Gasteiger partial charge on any atom is 0.233 e. The van der Waals surface area contributed by atoms with E-state index in [1.165, 1.54) is 0 Å². The average Bonchev–Trinajstić information content (AvgIpc) is 2.90. The standard InChI is InChI=1S/C13H15ClN4O/c1-13(4-7-15-8-5-13)12-17-11(18-19-12)10-9(14)3-2-6-16-10/h2-3,6,15H,4-5,7-8H2,1H3. The minimum absolute atomic E-state index is 0.0578. The molecular formula is C13H15ClN4O. The van der Waals surface area contributed by atoms with Gasteiger partial charge in [0, 0.05) is 11.6 Å². The lowest BCUT2D eigenvalue weighted by molar-refractivity contribution is 0.241. The highest BCUT2D eigenvalue weighted by Gasteiger charge is 2.34. The summed E-state index contributed by atoms with van der Waals surface area (Å²) in [5, 5.41) is 7.88. The summed E-state index contributed by atoms with van der Waals surface area (Å²) in [6.45, 7) is 4.10. The normalized spacial score (nSPS) is 18.4. The van der Waals surface area contributed by atoms with Crippen LogP contribution in [0.1, 0.15) is 25.7 Å². The molecule has 3 heterocycles. The number of nitrogens with one attached hydrogen (secondary N) is 1. The average molecular weight is 279 g/mol. The highest BCUT2D eigenvalue weighted by atomic mass is 35.5. The first-order chi connectivity index (χ1) is 9.19. The Kier molecular flexibility index (Phi) is 3.24. The lowest BCUT2D eigenvalue weighted by Crippen LogP contribution is -2.37. The topological polar surface area (TPSA) is 63.8 Å². The summed E-state index contributed by atoms with van der Waals surface area (Å²) < 4.78 is 5.43. The molecule has 1 aliphatic rings. The van der Waals surface area contributed by atoms with Crippen molar-refractivity contribution in [3.8, 4) is 11.5 Å². The van der Waals surface area contributed by atoms with Crippen LogP contribution < -0.4 is 5.32 Å². The molecule has 6 heteroatoms. The quantitative estimate of drug-likeness (QED) is 0.914. The van der Waals surface area contributed by atoms with Crippen LogP contribution in [0.4, 0.5) is 0 Å². The molecule has 0 saturated carbocycles. The van der Waals surface area contributed by atoms with E-state index in [9.17, 15) is 0 Å². The zero-order valence-corrected chi connectivity index (χ0v) is 11.4. The van der Waals surface area contributed by atoms with Crippen LogP contribution in [0.5, 0.6) is 0 Å². The molecule has 0 amide bonds. The third-order valence-corrected chi connectivity index (χ3v) is 3.92. The summed E-state index contributed by atoms with van der Waals surface area (Å²) in [7, 11) is 0. The van der Waals surface area contributed by atoms with Gasteiger partial charge < -0.3 is 9.84 Å². The van der Waals surface area contributed by atoms with Gasteiger partial charge in [-0.15, -0.1) is 0 Å². The fourth-order valence-corrected chi connectivity index (χ4v) is 2.51. The van der Waals surface area contributed by atoms with Gasteiger partial charge in [0.25, 0.3) is 0 Å². The molecule has 100 valence electrons. The lowest BCUT2D eigenvalue weighted by atomic mass is 9.81. The molecular weight excluding hydrogens is 264 g/mol. The Morgan fingerprint density at radius 1 is 1.37 bits per heavy atom. The van der Waals surface area contributed by atoms with E-state index >= 15 is 0 Å². The molecule has 1 N–H and O–H groups in total. The summed E-state index contributed by atoms with van der Waals surface area (Å²) in [6.07, 6.45) is 3.65. The minimum Gasteiger partial charge on any atom is -0.338 e. The maximum absolute atomic E-state index is 6.09. The molecule has 2 aromatic rings. The largest absolute Gasteiger partial charge is 0.338 e. The van der Waals surface area contributed by atoms with Crippen LogP contribution in [-0.4, -0.2) is 28.2 Å². The van der Waals surface area contributed by atoms with E-state index in [1.54, 1.807) is 18.3 Å². The van der Waals surface area contributed by atoms with Crippen molar-refractivity contribution >= 4 is 11.6 Å². The van der Waals surface area contributed by atoms with Crippen LogP contribution in [0.15, 0.2) is 22.9 Å². The van der Waals surface area contributed by atoms with E-state index in [2.05, 4.69) is 27.4 Å². The van der Waals surface area contributed by atoms with Crippen molar-refractivity contribution in [2.45, 2.75) is 25.2 Å². The second kappa shape index (κ2) is 4.90. The first-order valence-corrected chi connectivity index (χ1v) is 6.73. The first kappa shape index (κ1) is 12.6. The molecule has 0 unspecified atom stereocenters. The summed E-state index contributed by atoms with van der Waals surface area (Å²) >= 11 is 6.09. The number of rotatable bonds is 2. The Morgan fingerprint density at radius 2 is 2.16 bits per heavy atom. The molecule has 2 aromatic heterocycles. The molecule has 1 fully saturated rings. The number of hydrogen-bond donors (Lipinski definition) is 1. The van der Waals surface area contributed by atoms with E-state index in [1.807, 2.05) is 0 Å². The molecule has 19 heavy (non-hydrogen) atoms. The minimum atomic E-state index is -0.0578. The van der Waals surface area contributed by atoms with Gasteiger partial charge in [-0.05, 0) is 38.1 Å². The second-order valence-electron chi connectivity index (χ2n) is 5.07. The van der Waals surface area contributed by atoms with E-state index in [-0.39, 0.29) is 5.41 Å². The molecule has 0 atom stereocenters. The van der Waals surface area contributed by atoms with Gasteiger partial charge in [0.05, 0.1) is 5.02 Å². The van der Waals surface area contributed by atoms with Crippen LogP contribution in [0.3, 0.4) is 0 Å². The van der Waals surface area contributed by atoms with Gasteiger partial charge in [-0.25, -0.2) is 0 Å². The van der Waals surface area contributed by atoms with Crippen molar-refractivity contribution in [2.24, 2.45) is 0 Å². The van der Waals surface area contributed by atoms with Crippen molar-refractivity contribution in [3.63, 3.8) is 0 Å². The molecule has 0 aromatic carbocycles. The van der Waals surface area contributed by atoms with Gasteiger partial charge >= 0.3 is 0 Å². The zero-order chi connectivity index (χ0) is 13.3. The van der Waals surface area contributed by atoms with Gasteiger partial charge in [-0.1, -0.05) is 23.7 Å². The van der Waals surface area contributed by atoms with E-state index in [0.29, 0.717) is 22.4 Å². The Bertz CT molecular complexity index is 578. The fraction of sp³-hybridized carbons (Fsp3) is 0.462. The Morgan fingerprint density at radius 3 is 2.89 bits per heavy atom. The summed E-state index contributed by atoms with van der Waals surface area (Å²) in [4.78, 5) is 8.68. The third-order valence-electron chi connectivity index (χ3n) is 3.62. The van der Waals surface area contributed by atoms with E-state index in [4.69, 9.17) is 16.1 Å². The highest BCUT2D eigenvalue weighted by Crippen LogP contribution is 2.33. The fourth-order valence-electron chi connectivity index (χ4n) is 2.31. The molecule has 0 radical (unpaired) electrons. The van der Waals surface area contributed by atoms with E-state index in [0.717, 1.165) is 25.9 Å². The molecule has 0 aliphatic carbocycles. The predicted molar refractivity (Wildman–Crippen MR) is 72.0 cm³/mol. The van der Waals surface area contributed by atoms with Gasteiger partial charge in [-0.2, -0.15) is 4.98 Å². The molecule has 1 saturated heterocycles. The Balaban J connectivity index is 1.93. The SMILES string of the molecule is CC1(c2nc(-c3ncccc3Cl)no2)CCNCC1. The number of halogens is 1. The number of hydrogen-bond acceptors (Lipinski definition) is 5. The highest BCUT2D eigenvalue weighted by molar-refractivity contribution is 6.32. The van der Waals surface area contributed by atoms with Crippen LogP contribution in [0.2, 0.25) is 5.02 Å². The monoisotopic (exact) mass is 278 g/mol. The first-order valence-electron chi connectivity index (χ1n) is 6.35. The van der Waals surface area contributed by atoms with Gasteiger partial charge in [0.1, 0.15) is 5.69 Å². The third kappa shape index (κ3) is 2.35. The summed E-state index contributed by atoms with van der Waals surface area (Å²) in [6, 6.07) is 3.55. The Labute approximate surface area is 116 Å². The lowest BCUT2D eigenvalue weighted by Gasteiger charge is -2.30. The zero-order valence-electron chi connectivity index (χ0n) is 10.7. The van der Waals surface area contributed by atoms with Crippen LogP contribution in [0.25, 0.3) is 11.5 Å². The molecule has 3 rings (SSSR count). The van der Waals surface area contributed by atoms with E-state index < -0.39 is 0 Å². The van der Waals surface area contributed by atoms with Gasteiger partial charge in [0.15, 0.2) is 0 Å². The predicted octanol–water partition coefficient (Wildman–Crippen LogP) is 2.43. The summed E-state index contributed by atoms with van der Waals surface area (Å²) in [5.74, 6) is 1.13. The number of piperidine rings is 1. The second-order valence-corrected chi connectivity index (χ2v) is 5.47. The molecule has 0 bridgehead atoms. The van der Waals surface area contributed by atoms with Crippen molar-refractivity contribution in [2.75, 3.05) is 13.1 Å². The van der Waals surface area contributed by atoms with Crippen molar-refractivity contribution < 1.29 is 4.52 Å². The summed E-state index contributed by atoms with van der Waals surface area (Å²) in [5.41, 5.74) is 0.509. The number of aromatic nitrogens is 3. The maximum atomic E-state index is 6.09. The molecule has 5 nitrogen and oxygen atoms in total. The van der Waals surface area contributed by atoms with Crippen LogP contribution >= 0.6 is 11.6 Å². The molecule has 0 spiro atoms. The van der Waals surface area contributed by atoms with Gasteiger partial charge in [0.2, 0.25) is 11.7 Å². The van der Waals surface area contributed by atoms with Crippen molar-refractivity contribution in [1.82, 2.24) is 20.4 Å². The smallest absolute Gasteiger partial charge is 0.233 e. The number of pyridine rings is 1. The Hall–Kier alpha value is -1.46.